The minimum absolute atomic E-state index is 0.0853. The van der Waals surface area contributed by atoms with Crippen LogP contribution in [0.1, 0.15) is 81.1 Å². The minimum Gasteiger partial charge on any atom is -0.399 e. The SMILES string of the molecule is CC.CC1=CC(C)CC(C)=C1N/N=C(\C=C/CC(=N)SC1=CC(N)=CCC1)C(C)(C)C. The van der Waals surface area contributed by atoms with Gasteiger partial charge in [0, 0.05) is 17.5 Å². The van der Waals surface area contributed by atoms with Crippen molar-refractivity contribution in [1.82, 2.24) is 5.43 Å². The maximum atomic E-state index is 8.27. The summed E-state index contributed by atoms with van der Waals surface area (Å²) in [6, 6.07) is 0. The molecule has 0 radical (unpaired) electrons. The summed E-state index contributed by atoms with van der Waals surface area (Å²) in [6.07, 6.45) is 14.0. The molecule has 0 aromatic rings. The number of hydrazone groups is 1. The first-order valence-electron chi connectivity index (χ1n) is 11.4. The van der Waals surface area contributed by atoms with Gasteiger partial charge < -0.3 is 5.73 Å². The topological polar surface area (TPSA) is 74.3 Å². The lowest BCUT2D eigenvalue weighted by atomic mass is 9.89. The first-order valence-corrected chi connectivity index (χ1v) is 12.2. The van der Waals surface area contributed by atoms with Gasteiger partial charge in [-0.3, -0.25) is 10.8 Å². The van der Waals surface area contributed by atoms with Gasteiger partial charge in [-0.15, -0.1) is 0 Å². The molecule has 0 amide bonds. The van der Waals surface area contributed by atoms with E-state index in [1.54, 1.807) is 0 Å². The van der Waals surface area contributed by atoms with E-state index in [2.05, 4.69) is 53.0 Å². The second-order valence-corrected chi connectivity index (χ2v) is 10.3. The zero-order chi connectivity index (χ0) is 23.6. The molecule has 2 rings (SSSR count). The van der Waals surface area contributed by atoms with E-state index in [1.165, 1.54) is 27.8 Å². The molecule has 0 saturated carbocycles. The van der Waals surface area contributed by atoms with E-state index in [0.29, 0.717) is 17.4 Å². The van der Waals surface area contributed by atoms with Crippen molar-refractivity contribution < 1.29 is 0 Å². The molecule has 4 N–H and O–H groups in total. The van der Waals surface area contributed by atoms with Crippen LogP contribution in [0.25, 0.3) is 0 Å². The predicted octanol–water partition coefficient (Wildman–Crippen LogP) is 7.44. The lowest BCUT2D eigenvalue weighted by Crippen LogP contribution is -2.23. The summed E-state index contributed by atoms with van der Waals surface area (Å²) in [7, 11) is 0. The van der Waals surface area contributed by atoms with Gasteiger partial charge in [0.05, 0.1) is 16.5 Å². The van der Waals surface area contributed by atoms with E-state index in [1.807, 2.05) is 38.2 Å². The summed E-state index contributed by atoms with van der Waals surface area (Å²) in [6.45, 7) is 17.0. The Bertz CT molecular complexity index is 817. The van der Waals surface area contributed by atoms with Gasteiger partial charge in [0.1, 0.15) is 0 Å². The van der Waals surface area contributed by atoms with Gasteiger partial charge in [-0.25, -0.2) is 0 Å². The largest absolute Gasteiger partial charge is 0.399 e. The highest BCUT2D eigenvalue weighted by atomic mass is 32.2. The van der Waals surface area contributed by atoms with Crippen LogP contribution < -0.4 is 11.2 Å². The molecule has 172 valence electrons. The molecule has 1 unspecified atom stereocenters. The quantitative estimate of drug-likeness (QED) is 0.227. The smallest absolute Gasteiger partial charge is 0.0723 e. The number of allylic oxidation sites excluding steroid dienone is 8. The molecule has 0 fully saturated rings. The number of thioether (sulfide) groups is 1. The highest BCUT2D eigenvalue weighted by molar-refractivity contribution is 8.17. The van der Waals surface area contributed by atoms with Crippen LogP contribution in [0.4, 0.5) is 0 Å². The molecular weight excluding hydrogens is 400 g/mol. The number of nitrogens with two attached hydrogens (primary N) is 1. The summed E-state index contributed by atoms with van der Waals surface area (Å²) in [5, 5.41) is 13.6. The van der Waals surface area contributed by atoms with E-state index in [4.69, 9.17) is 16.2 Å². The fourth-order valence-corrected chi connectivity index (χ4v) is 4.41. The maximum Gasteiger partial charge on any atom is 0.0723 e. The van der Waals surface area contributed by atoms with Gasteiger partial charge in [-0.05, 0) is 67.2 Å². The Morgan fingerprint density at radius 2 is 2.00 bits per heavy atom. The Balaban J connectivity index is 0.00000233. The average molecular weight is 443 g/mol. The fourth-order valence-electron chi connectivity index (χ4n) is 3.50. The van der Waals surface area contributed by atoms with Crippen molar-refractivity contribution in [1.29, 1.82) is 5.41 Å². The van der Waals surface area contributed by atoms with Gasteiger partial charge in [0.2, 0.25) is 0 Å². The summed E-state index contributed by atoms with van der Waals surface area (Å²) in [5.41, 5.74) is 14.6. The van der Waals surface area contributed by atoms with Crippen LogP contribution in [0.2, 0.25) is 0 Å². The van der Waals surface area contributed by atoms with Crippen molar-refractivity contribution in [2.24, 2.45) is 22.2 Å². The standard InChI is InChI=1S/C24H36N4S.C2H6/c1-16-13-17(2)23(18(3)14-16)28-27-21(24(4,5)6)11-8-12-22(26)29-20-10-7-9-19(25)15-20;1-2/h8-9,11,13,15-16,26,28H,7,10,12,14,25H2,1-6H3;1-2H3/b11-8-,26-22?,27-21+;. The van der Waals surface area contributed by atoms with Gasteiger partial charge in [0.15, 0.2) is 0 Å². The van der Waals surface area contributed by atoms with Crippen molar-refractivity contribution in [2.75, 3.05) is 0 Å². The second kappa shape index (κ2) is 12.7. The number of hydrogen-bond donors (Lipinski definition) is 3. The number of nitrogens with zero attached hydrogens (tertiary/aromatic N) is 1. The van der Waals surface area contributed by atoms with E-state index in [9.17, 15) is 0 Å². The van der Waals surface area contributed by atoms with Crippen molar-refractivity contribution in [2.45, 2.75) is 81.1 Å². The van der Waals surface area contributed by atoms with Crippen LogP contribution in [-0.4, -0.2) is 10.8 Å². The van der Waals surface area contributed by atoms with Crippen LogP contribution in [0.5, 0.6) is 0 Å². The molecular formula is C26H42N4S. The summed E-state index contributed by atoms with van der Waals surface area (Å²) in [5.74, 6) is 0.583. The molecule has 31 heavy (non-hydrogen) atoms. The molecule has 0 aromatic heterocycles. The lowest BCUT2D eigenvalue weighted by molar-refractivity contribution is 0.585. The number of hydrogen-bond acceptors (Lipinski definition) is 5. The first-order chi connectivity index (χ1) is 14.6. The molecule has 0 aromatic carbocycles. The van der Waals surface area contributed by atoms with Crippen LogP contribution in [0.3, 0.4) is 0 Å². The predicted molar refractivity (Wildman–Crippen MR) is 140 cm³/mol. The van der Waals surface area contributed by atoms with E-state index >= 15 is 0 Å². The Morgan fingerprint density at radius 3 is 2.58 bits per heavy atom. The van der Waals surface area contributed by atoms with Gasteiger partial charge >= 0.3 is 0 Å². The first kappa shape index (κ1) is 27.0. The summed E-state index contributed by atoms with van der Waals surface area (Å²) >= 11 is 1.52. The molecule has 2 aliphatic rings. The molecule has 2 aliphatic carbocycles. The third kappa shape index (κ3) is 9.34. The Morgan fingerprint density at radius 1 is 1.32 bits per heavy atom. The lowest BCUT2D eigenvalue weighted by Gasteiger charge is -2.23. The highest BCUT2D eigenvalue weighted by Gasteiger charge is 2.19. The van der Waals surface area contributed by atoms with Crippen LogP contribution in [0.15, 0.2) is 62.9 Å². The zero-order valence-corrected chi connectivity index (χ0v) is 21.5. The Hall–Kier alpha value is -2.01. The average Bonchev–Trinajstić information content (AvgIpc) is 2.66. The third-order valence-corrected chi connectivity index (χ3v) is 5.97. The Labute approximate surface area is 194 Å². The van der Waals surface area contributed by atoms with Gasteiger partial charge in [-0.2, -0.15) is 5.10 Å². The summed E-state index contributed by atoms with van der Waals surface area (Å²) in [4.78, 5) is 1.17. The normalized spacial score (nSPS) is 19.9. The highest BCUT2D eigenvalue weighted by Crippen LogP contribution is 2.28. The maximum absolute atomic E-state index is 8.27. The molecule has 0 heterocycles. The summed E-state index contributed by atoms with van der Waals surface area (Å²) < 4.78 is 0. The molecule has 0 saturated heterocycles. The van der Waals surface area contributed by atoms with Gasteiger partial charge in [0.25, 0.3) is 0 Å². The van der Waals surface area contributed by atoms with Crippen molar-refractivity contribution in [3.8, 4) is 0 Å². The second-order valence-electron chi connectivity index (χ2n) is 9.03. The molecule has 0 bridgehead atoms. The van der Waals surface area contributed by atoms with Crippen molar-refractivity contribution in [3.05, 3.63) is 57.8 Å². The van der Waals surface area contributed by atoms with E-state index in [-0.39, 0.29) is 5.41 Å². The Kier molecular flexibility index (Phi) is 11.1. The third-order valence-electron chi connectivity index (χ3n) is 4.97. The van der Waals surface area contributed by atoms with Crippen LogP contribution in [0, 0.1) is 16.7 Å². The van der Waals surface area contributed by atoms with Gasteiger partial charge in [-0.1, -0.05) is 71.5 Å². The van der Waals surface area contributed by atoms with Crippen LogP contribution in [-0.2, 0) is 0 Å². The van der Waals surface area contributed by atoms with E-state index in [0.717, 1.165) is 36.4 Å². The number of rotatable bonds is 6. The molecule has 1 atom stereocenters. The van der Waals surface area contributed by atoms with E-state index < -0.39 is 0 Å². The fraction of sp³-hybridized carbons (Fsp3) is 0.538. The minimum atomic E-state index is -0.0853. The number of nitrogens with one attached hydrogen (secondary N) is 2. The zero-order valence-electron chi connectivity index (χ0n) is 20.7. The molecule has 4 nitrogen and oxygen atoms in total. The van der Waals surface area contributed by atoms with Crippen LogP contribution >= 0.6 is 11.8 Å². The molecule has 0 spiro atoms. The molecule has 0 aliphatic heterocycles. The van der Waals surface area contributed by atoms with Crippen molar-refractivity contribution >= 4 is 22.5 Å². The molecule has 5 heteroatoms. The monoisotopic (exact) mass is 442 g/mol. The van der Waals surface area contributed by atoms with Crippen molar-refractivity contribution in [3.63, 3.8) is 0 Å².